The SMILES string of the molecule is O=[N+]([O-])c1ccc(-n2cccc2C2C(c3ccccn3)NC(=S)N2CCN2CCOCC2)cc1. The zero-order chi connectivity index (χ0) is 23.5. The number of morpholine rings is 1. The second kappa shape index (κ2) is 9.88. The van der Waals surface area contributed by atoms with Crippen molar-refractivity contribution in [3.8, 4) is 5.69 Å². The van der Waals surface area contributed by atoms with E-state index in [1.54, 1.807) is 18.3 Å². The van der Waals surface area contributed by atoms with Gasteiger partial charge in [-0.25, -0.2) is 0 Å². The van der Waals surface area contributed by atoms with E-state index in [0.717, 1.165) is 56.5 Å². The van der Waals surface area contributed by atoms with Crippen molar-refractivity contribution in [1.82, 2.24) is 24.7 Å². The molecular formula is C24H26N6O3S. The number of rotatable bonds is 7. The Kier molecular flexibility index (Phi) is 6.52. The summed E-state index contributed by atoms with van der Waals surface area (Å²) in [7, 11) is 0. The van der Waals surface area contributed by atoms with E-state index < -0.39 is 0 Å². The molecule has 0 radical (unpaired) electrons. The molecule has 1 aromatic carbocycles. The van der Waals surface area contributed by atoms with Crippen LogP contribution in [0, 0.1) is 10.1 Å². The molecule has 3 aromatic rings. The molecule has 2 fully saturated rings. The number of benzene rings is 1. The lowest BCUT2D eigenvalue weighted by atomic mass is 10.0. The van der Waals surface area contributed by atoms with Crippen LogP contribution >= 0.6 is 12.2 Å². The third-order valence-corrected chi connectivity index (χ3v) is 6.73. The molecule has 2 aliphatic rings. The zero-order valence-electron chi connectivity index (χ0n) is 18.6. The number of nitro benzene ring substituents is 1. The quantitative estimate of drug-likeness (QED) is 0.315. The molecule has 2 unspecified atom stereocenters. The van der Waals surface area contributed by atoms with Gasteiger partial charge in [-0.3, -0.25) is 20.0 Å². The predicted octanol–water partition coefficient (Wildman–Crippen LogP) is 3.09. The number of hydrogen-bond acceptors (Lipinski definition) is 6. The molecule has 1 N–H and O–H groups in total. The van der Waals surface area contributed by atoms with Crippen molar-refractivity contribution >= 4 is 23.0 Å². The van der Waals surface area contributed by atoms with Crippen LogP contribution in [0.1, 0.15) is 23.5 Å². The van der Waals surface area contributed by atoms with Crippen molar-refractivity contribution in [2.24, 2.45) is 0 Å². The van der Waals surface area contributed by atoms with Gasteiger partial charge >= 0.3 is 0 Å². The molecule has 2 aromatic heterocycles. The fourth-order valence-corrected chi connectivity index (χ4v) is 4.98. The highest BCUT2D eigenvalue weighted by Gasteiger charge is 2.41. The lowest BCUT2D eigenvalue weighted by molar-refractivity contribution is -0.384. The van der Waals surface area contributed by atoms with Gasteiger partial charge in [0.25, 0.3) is 5.69 Å². The van der Waals surface area contributed by atoms with Crippen molar-refractivity contribution in [2.45, 2.75) is 12.1 Å². The Balaban J connectivity index is 1.49. The third-order valence-electron chi connectivity index (χ3n) is 6.38. The molecule has 34 heavy (non-hydrogen) atoms. The average Bonchev–Trinajstić information content (AvgIpc) is 3.48. The lowest BCUT2D eigenvalue weighted by Crippen LogP contribution is -2.42. The Labute approximate surface area is 203 Å². The Morgan fingerprint density at radius 2 is 1.88 bits per heavy atom. The van der Waals surface area contributed by atoms with Gasteiger partial charge in [-0.15, -0.1) is 0 Å². The molecule has 2 saturated heterocycles. The maximum absolute atomic E-state index is 11.1. The minimum absolute atomic E-state index is 0.0691. The number of non-ortho nitro benzene ring substituents is 1. The summed E-state index contributed by atoms with van der Waals surface area (Å²) in [5.74, 6) is 0. The number of ether oxygens (including phenoxy) is 1. The number of nitrogens with one attached hydrogen (secondary N) is 1. The maximum atomic E-state index is 11.1. The summed E-state index contributed by atoms with van der Waals surface area (Å²) in [6.45, 7) is 5.00. The smallest absolute Gasteiger partial charge is 0.269 e. The predicted molar refractivity (Wildman–Crippen MR) is 132 cm³/mol. The fraction of sp³-hybridized carbons (Fsp3) is 0.333. The summed E-state index contributed by atoms with van der Waals surface area (Å²) in [5, 5.41) is 15.3. The Morgan fingerprint density at radius 3 is 2.59 bits per heavy atom. The normalized spacial score (nSPS) is 20.9. The molecular weight excluding hydrogens is 452 g/mol. The number of nitro groups is 1. The van der Waals surface area contributed by atoms with Crippen molar-refractivity contribution in [3.05, 3.63) is 88.5 Å². The van der Waals surface area contributed by atoms with E-state index in [1.165, 1.54) is 12.1 Å². The van der Waals surface area contributed by atoms with Crippen molar-refractivity contribution in [1.29, 1.82) is 0 Å². The minimum Gasteiger partial charge on any atom is -0.379 e. The van der Waals surface area contributed by atoms with Gasteiger partial charge in [0.05, 0.1) is 35.9 Å². The van der Waals surface area contributed by atoms with Gasteiger partial charge in [-0.05, 0) is 48.6 Å². The summed E-state index contributed by atoms with van der Waals surface area (Å²) < 4.78 is 7.56. The van der Waals surface area contributed by atoms with E-state index in [0.29, 0.717) is 5.11 Å². The highest BCUT2D eigenvalue weighted by Crippen LogP contribution is 2.39. The average molecular weight is 479 g/mol. The van der Waals surface area contributed by atoms with Gasteiger partial charge in [0.15, 0.2) is 5.11 Å². The van der Waals surface area contributed by atoms with Crippen molar-refractivity contribution in [3.63, 3.8) is 0 Å². The maximum Gasteiger partial charge on any atom is 0.269 e. The summed E-state index contributed by atoms with van der Waals surface area (Å²) in [5.41, 5.74) is 2.88. The molecule has 5 rings (SSSR count). The third kappa shape index (κ3) is 4.52. The molecule has 2 aliphatic heterocycles. The van der Waals surface area contributed by atoms with Gasteiger partial charge < -0.3 is 19.5 Å². The molecule has 2 atom stereocenters. The minimum atomic E-state index is -0.385. The van der Waals surface area contributed by atoms with Crippen LogP contribution in [0.5, 0.6) is 0 Å². The van der Waals surface area contributed by atoms with Gasteiger partial charge in [0.1, 0.15) is 0 Å². The summed E-state index contributed by atoms with van der Waals surface area (Å²) in [4.78, 5) is 20.0. The second-order valence-electron chi connectivity index (χ2n) is 8.35. The van der Waals surface area contributed by atoms with E-state index in [2.05, 4.69) is 30.7 Å². The molecule has 0 saturated carbocycles. The van der Waals surface area contributed by atoms with Crippen LogP contribution in [-0.2, 0) is 4.74 Å². The van der Waals surface area contributed by atoms with E-state index >= 15 is 0 Å². The molecule has 0 aliphatic carbocycles. The highest BCUT2D eigenvalue weighted by molar-refractivity contribution is 7.80. The fourth-order valence-electron chi connectivity index (χ4n) is 4.65. The van der Waals surface area contributed by atoms with Crippen LogP contribution in [0.3, 0.4) is 0 Å². The summed E-state index contributed by atoms with van der Waals surface area (Å²) in [6, 6.07) is 16.4. The summed E-state index contributed by atoms with van der Waals surface area (Å²) >= 11 is 5.80. The van der Waals surface area contributed by atoms with Gasteiger partial charge in [-0.1, -0.05) is 6.07 Å². The van der Waals surface area contributed by atoms with E-state index in [1.807, 2.05) is 30.5 Å². The number of pyridine rings is 1. The molecule has 0 bridgehead atoms. The molecule has 4 heterocycles. The van der Waals surface area contributed by atoms with Gasteiger partial charge in [0.2, 0.25) is 0 Å². The number of aromatic nitrogens is 2. The second-order valence-corrected chi connectivity index (χ2v) is 8.74. The first kappa shape index (κ1) is 22.5. The van der Waals surface area contributed by atoms with Crippen molar-refractivity contribution in [2.75, 3.05) is 39.4 Å². The molecule has 0 spiro atoms. The van der Waals surface area contributed by atoms with Crippen LogP contribution in [0.25, 0.3) is 5.69 Å². The van der Waals surface area contributed by atoms with Crippen LogP contribution in [0.15, 0.2) is 67.0 Å². The number of thiocarbonyl (C=S) groups is 1. The molecule has 9 nitrogen and oxygen atoms in total. The first-order valence-corrected chi connectivity index (χ1v) is 11.7. The van der Waals surface area contributed by atoms with Crippen LogP contribution in [0.4, 0.5) is 5.69 Å². The van der Waals surface area contributed by atoms with E-state index in [-0.39, 0.29) is 22.7 Å². The van der Waals surface area contributed by atoms with Crippen LogP contribution in [0.2, 0.25) is 0 Å². The first-order chi connectivity index (χ1) is 16.6. The van der Waals surface area contributed by atoms with Gasteiger partial charge in [-0.2, -0.15) is 0 Å². The largest absolute Gasteiger partial charge is 0.379 e. The topological polar surface area (TPSA) is 88.7 Å². The van der Waals surface area contributed by atoms with E-state index in [4.69, 9.17) is 17.0 Å². The lowest BCUT2D eigenvalue weighted by Gasteiger charge is -2.32. The molecule has 176 valence electrons. The Hall–Kier alpha value is -3.34. The zero-order valence-corrected chi connectivity index (χ0v) is 19.4. The molecule has 0 amide bonds. The first-order valence-electron chi connectivity index (χ1n) is 11.3. The monoisotopic (exact) mass is 478 g/mol. The van der Waals surface area contributed by atoms with Gasteiger partial charge in [0, 0.05) is 62.1 Å². The van der Waals surface area contributed by atoms with Crippen LogP contribution in [-0.4, -0.2) is 68.8 Å². The highest BCUT2D eigenvalue weighted by atomic mass is 32.1. The van der Waals surface area contributed by atoms with Crippen LogP contribution < -0.4 is 5.32 Å². The summed E-state index contributed by atoms with van der Waals surface area (Å²) in [6.07, 6.45) is 3.77. The molecule has 10 heteroatoms. The Morgan fingerprint density at radius 1 is 1.09 bits per heavy atom. The van der Waals surface area contributed by atoms with E-state index in [9.17, 15) is 10.1 Å². The number of nitrogens with zero attached hydrogens (tertiary/aromatic N) is 5. The number of hydrogen-bond donors (Lipinski definition) is 1. The van der Waals surface area contributed by atoms with Crippen molar-refractivity contribution < 1.29 is 9.66 Å². The standard InChI is InChI=1S/C24H26N6O3S/c31-30(32)19-8-6-18(7-9-19)28-11-3-5-21(28)23-22(20-4-1-2-10-25-20)26-24(34)29(23)13-12-27-14-16-33-17-15-27/h1-11,22-23H,12-17H2,(H,26,34). The Bertz CT molecular complexity index is 1150.